The van der Waals surface area contributed by atoms with Crippen LogP contribution in [0.4, 0.5) is 0 Å². The highest BCUT2D eigenvalue weighted by atomic mass is 79.9. The van der Waals surface area contributed by atoms with E-state index in [1.54, 1.807) is 24.3 Å². The molecular weight excluding hydrogens is 468 g/mol. The molecule has 2 rings (SSSR count). The molecule has 26 heavy (non-hydrogen) atoms. The maximum absolute atomic E-state index is 12.1. The van der Waals surface area contributed by atoms with Crippen molar-refractivity contribution in [1.82, 2.24) is 10.9 Å². The predicted molar refractivity (Wildman–Crippen MR) is 105 cm³/mol. The monoisotopic (exact) mass is 484 g/mol. The Kier molecular flexibility index (Phi) is 7.47. The van der Waals surface area contributed by atoms with Crippen LogP contribution in [-0.2, 0) is 4.79 Å². The molecule has 0 saturated carbocycles. The molecule has 8 heteroatoms. The van der Waals surface area contributed by atoms with Crippen molar-refractivity contribution in [3.63, 3.8) is 0 Å². The van der Waals surface area contributed by atoms with Crippen LogP contribution in [0.2, 0.25) is 0 Å². The lowest BCUT2D eigenvalue weighted by Gasteiger charge is -2.11. The van der Waals surface area contributed by atoms with Gasteiger partial charge in [-0.05, 0) is 81.6 Å². The third-order valence-corrected chi connectivity index (χ3v) is 4.49. The molecule has 6 nitrogen and oxygen atoms in total. The SMILES string of the molecule is CCOc1ccc(C(=O)NNC(=O)COc2ccc(C)cc2Br)cc1Br. The standard InChI is InChI=1S/C18H18Br2N2O4/c1-3-25-15-7-5-12(9-14(15)20)18(24)22-21-17(23)10-26-16-6-4-11(2)8-13(16)19/h4-9H,3,10H2,1-2H3,(H,21,23)(H,22,24). The molecule has 0 bridgehead atoms. The van der Waals surface area contributed by atoms with Crippen LogP contribution < -0.4 is 20.3 Å². The number of amides is 2. The van der Waals surface area contributed by atoms with E-state index in [9.17, 15) is 9.59 Å². The number of nitrogens with one attached hydrogen (secondary N) is 2. The van der Waals surface area contributed by atoms with E-state index >= 15 is 0 Å². The smallest absolute Gasteiger partial charge is 0.276 e. The number of benzene rings is 2. The number of hydrogen-bond donors (Lipinski definition) is 2. The Bertz CT molecular complexity index is 812. The topological polar surface area (TPSA) is 76.7 Å². The van der Waals surface area contributed by atoms with E-state index < -0.39 is 11.8 Å². The first kappa shape index (κ1) is 20.3. The molecular formula is C18H18Br2N2O4. The van der Waals surface area contributed by atoms with E-state index in [1.807, 2.05) is 26.0 Å². The van der Waals surface area contributed by atoms with Crippen LogP contribution in [0, 0.1) is 6.92 Å². The van der Waals surface area contributed by atoms with E-state index in [0.29, 0.717) is 28.1 Å². The van der Waals surface area contributed by atoms with Gasteiger partial charge in [0.05, 0.1) is 15.6 Å². The summed E-state index contributed by atoms with van der Waals surface area (Å²) in [6, 6.07) is 10.4. The fourth-order valence-corrected chi connectivity index (χ4v) is 3.12. The largest absolute Gasteiger partial charge is 0.493 e. The van der Waals surface area contributed by atoms with Gasteiger partial charge >= 0.3 is 0 Å². The van der Waals surface area contributed by atoms with E-state index in [2.05, 4.69) is 42.7 Å². The van der Waals surface area contributed by atoms with E-state index in [1.165, 1.54) is 0 Å². The molecule has 0 unspecified atom stereocenters. The van der Waals surface area contributed by atoms with Gasteiger partial charge in [-0.3, -0.25) is 20.4 Å². The van der Waals surface area contributed by atoms with Crippen LogP contribution in [0.25, 0.3) is 0 Å². The summed E-state index contributed by atoms with van der Waals surface area (Å²) in [4.78, 5) is 23.9. The second-order valence-electron chi connectivity index (χ2n) is 5.30. The average Bonchev–Trinajstić information content (AvgIpc) is 2.60. The second kappa shape index (κ2) is 9.59. The molecule has 0 fully saturated rings. The predicted octanol–water partition coefficient (Wildman–Crippen LogP) is 3.76. The molecule has 0 heterocycles. The normalized spacial score (nSPS) is 10.2. The molecule has 0 aliphatic heterocycles. The average molecular weight is 486 g/mol. The van der Waals surface area contributed by atoms with Crippen molar-refractivity contribution < 1.29 is 19.1 Å². The van der Waals surface area contributed by atoms with Crippen molar-refractivity contribution in [1.29, 1.82) is 0 Å². The van der Waals surface area contributed by atoms with E-state index in [-0.39, 0.29) is 6.61 Å². The van der Waals surface area contributed by atoms with Gasteiger partial charge in [-0.15, -0.1) is 0 Å². The highest BCUT2D eigenvalue weighted by molar-refractivity contribution is 9.10. The number of halogens is 2. The zero-order valence-corrected chi connectivity index (χ0v) is 17.4. The number of carbonyl (C=O) groups is 2. The molecule has 0 spiro atoms. The zero-order chi connectivity index (χ0) is 19.1. The maximum atomic E-state index is 12.1. The molecule has 0 saturated heterocycles. The van der Waals surface area contributed by atoms with Gasteiger partial charge in [-0.25, -0.2) is 0 Å². The fourth-order valence-electron chi connectivity index (χ4n) is 2.02. The van der Waals surface area contributed by atoms with Gasteiger partial charge in [0.2, 0.25) is 0 Å². The summed E-state index contributed by atoms with van der Waals surface area (Å²) in [5, 5.41) is 0. The van der Waals surface area contributed by atoms with E-state index in [4.69, 9.17) is 9.47 Å². The summed E-state index contributed by atoms with van der Waals surface area (Å²) in [5.41, 5.74) is 6.11. The quantitative estimate of drug-likeness (QED) is 0.611. The van der Waals surface area contributed by atoms with Crippen LogP contribution >= 0.6 is 31.9 Å². The van der Waals surface area contributed by atoms with Crippen LogP contribution in [-0.4, -0.2) is 25.0 Å². The molecule has 0 radical (unpaired) electrons. The number of ether oxygens (including phenoxy) is 2. The van der Waals surface area contributed by atoms with Gasteiger partial charge in [0.25, 0.3) is 11.8 Å². The lowest BCUT2D eigenvalue weighted by molar-refractivity contribution is -0.123. The summed E-state index contributed by atoms with van der Waals surface area (Å²) < 4.78 is 12.2. The third-order valence-electron chi connectivity index (χ3n) is 3.26. The van der Waals surface area contributed by atoms with Crippen LogP contribution in [0.15, 0.2) is 45.3 Å². The minimum absolute atomic E-state index is 0.227. The van der Waals surface area contributed by atoms with Gasteiger partial charge in [0, 0.05) is 5.56 Å². The first-order valence-electron chi connectivity index (χ1n) is 7.81. The Hall–Kier alpha value is -2.06. The summed E-state index contributed by atoms with van der Waals surface area (Å²) in [5.74, 6) is 0.270. The Morgan fingerprint density at radius 1 is 0.962 bits per heavy atom. The summed E-state index contributed by atoms with van der Waals surface area (Å²) >= 11 is 6.71. The summed E-state index contributed by atoms with van der Waals surface area (Å²) in [7, 11) is 0. The Morgan fingerprint density at radius 2 is 1.62 bits per heavy atom. The fraction of sp³-hybridized carbons (Fsp3) is 0.222. The first-order chi connectivity index (χ1) is 12.4. The molecule has 2 amide bonds. The van der Waals surface area contributed by atoms with Gasteiger partial charge in [0.15, 0.2) is 6.61 Å². The van der Waals surface area contributed by atoms with Gasteiger partial charge in [-0.2, -0.15) is 0 Å². The van der Waals surface area contributed by atoms with Crippen molar-refractivity contribution in [3.05, 3.63) is 56.5 Å². The van der Waals surface area contributed by atoms with Crippen LogP contribution in [0.5, 0.6) is 11.5 Å². The highest BCUT2D eigenvalue weighted by Crippen LogP contribution is 2.26. The highest BCUT2D eigenvalue weighted by Gasteiger charge is 2.11. The van der Waals surface area contributed by atoms with Crippen LogP contribution in [0.1, 0.15) is 22.8 Å². The molecule has 2 aromatic rings. The number of aryl methyl sites for hydroxylation is 1. The molecule has 2 aromatic carbocycles. The lowest BCUT2D eigenvalue weighted by atomic mass is 10.2. The second-order valence-corrected chi connectivity index (χ2v) is 7.01. The molecule has 2 N–H and O–H groups in total. The Labute approximate surface area is 168 Å². The minimum atomic E-state index is -0.476. The first-order valence-corrected chi connectivity index (χ1v) is 9.39. The zero-order valence-electron chi connectivity index (χ0n) is 14.3. The molecule has 0 aliphatic rings. The van der Waals surface area contributed by atoms with Gasteiger partial charge in [-0.1, -0.05) is 6.07 Å². The van der Waals surface area contributed by atoms with Crippen LogP contribution in [0.3, 0.4) is 0 Å². The number of rotatable bonds is 6. The summed E-state index contributed by atoms with van der Waals surface area (Å²) in [6.45, 7) is 4.13. The molecule has 0 atom stereocenters. The minimum Gasteiger partial charge on any atom is -0.493 e. The molecule has 0 aromatic heterocycles. The molecule has 138 valence electrons. The maximum Gasteiger partial charge on any atom is 0.276 e. The number of hydrazine groups is 1. The Morgan fingerprint density at radius 3 is 2.27 bits per heavy atom. The summed E-state index contributed by atoms with van der Waals surface area (Å²) in [6.07, 6.45) is 0. The number of carbonyl (C=O) groups excluding carboxylic acids is 2. The van der Waals surface area contributed by atoms with Crippen molar-refractivity contribution in [2.75, 3.05) is 13.2 Å². The van der Waals surface area contributed by atoms with Crippen molar-refractivity contribution in [2.45, 2.75) is 13.8 Å². The van der Waals surface area contributed by atoms with E-state index in [0.717, 1.165) is 10.0 Å². The van der Waals surface area contributed by atoms with Gasteiger partial charge in [0.1, 0.15) is 11.5 Å². The van der Waals surface area contributed by atoms with Gasteiger partial charge < -0.3 is 9.47 Å². The Balaban J connectivity index is 1.84. The van der Waals surface area contributed by atoms with Crippen molar-refractivity contribution in [2.24, 2.45) is 0 Å². The third kappa shape index (κ3) is 5.74. The lowest BCUT2D eigenvalue weighted by Crippen LogP contribution is -2.43. The van der Waals surface area contributed by atoms with Crippen molar-refractivity contribution >= 4 is 43.7 Å². The number of hydrogen-bond acceptors (Lipinski definition) is 4. The molecule has 0 aliphatic carbocycles. The van der Waals surface area contributed by atoms with Crippen molar-refractivity contribution in [3.8, 4) is 11.5 Å².